The molecule has 6 heteroatoms. The van der Waals surface area contributed by atoms with E-state index >= 15 is 0 Å². The van der Waals surface area contributed by atoms with Gasteiger partial charge < -0.3 is 14.3 Å². The first-order valence-corrected chi connectivity index (χ1v) is 6.76. The molecule has 0 fully saturated rings. The second-order valence-electron chi connectivity index (χ2n) is 3.76. The minimum atomic E-state index is -1.41. The fourth-order valence-corrected chi connectivity index (χ4v) is 2.54. The van der Waals surface area contributed by atoms with E-state index in [2.05, 4.69) is 0 Å². The van der Waals surface area contributed by atoms with E-state index in [1.54, 1.807) is 31.4 Å². The van der Waals surface area contributed by atoms with Crippen LogP contribution in [0.1, 0.15) is 16.1 Å². The van der Waals surface area contributed by atoms with Crippen LogP contribution in [0.3, 0.4) is 0 Å². The highest BCUT2D eigenvalue weighted by molar-refractivity contribution is 7.84. The number of ether oxygens (including phenoxy) is 1. The van der Waals surface area contributed by atoms with Gasteiger partial charge in [-0.1, -0.05) is 12.1 Å². The van der Waals surface area contributed by atoms with Crippen molar-refractivity contribution in [3.63, 3.8) is 0 Å². The Bertz CT molecular complexity index is 600. The van der Waals surface area contributed by atoms with E-state index in [1.807, 2.05) is 0 Å². The van der Waals surface area contributed by atoms with Crippen molar-refractivity contribution >= 4 is 16.8 Å². The van der Waals surface area contributed by atoms with Gasteiger partial charge in [0.05, 0.1) is 23.7 Å². The summed E-state index contributed by atoms with van der Waals surface area (Å²) in [6, 6.07) is 9.87. The summed E-state index contributed by atoms with van der Waals surface area (Å²) in [6.07, 6.45) is 0. The fourth-order valence-electron chi connectivity index (χ4n) is 1.50. The lowest BCUT2D eigenvalue weighted by Gasteiger charge is -2.02. The number of carboxylic acids is 1. The predicted molar refractivity (Wildman–Crippen MR) is 68.8 cm³/mol. The highest BCUT2D eigenvalue weighted by Gasteiger charge is 2.14. The zero-order valence-corrected chi connectivity index (χ0v) is 11.0. The zero-order chi connectivity index (χ0) is 13.8. The van der Waals surface area contributed by atoms with Gasteiger partial charge in [-0.3, -0.25) is 4.21 Å². The third kappa shape index (κ3) is 3.23. The number of hydrogen-bond acceptors (Lipinski definition) is 4. The van der Waals surface area contributed by atoms with Crippen LogP contribution in [0.4, 0.5) is 0 Å². The van der Waals surface area contributed by atoms with Gasteiger partial charge in [-0.25, -0.2) is 4.79 Å². The summed E-state index contributed by atoms with van der Waals surface area (Å²) in [7, 11) is 0.163. The fraction of sp³-hybridized carbons (Fsp3) is 0.154. The molecule has 0 aliphatic rings. The molecule has 1 N–H and O–H groups in total. The number of hydrogen-bond donors (Lipinski definition) is 1. The van der Waals surface area contributed by atoms with Gasteiger partial charge in [-0.15, -0.1) is 0 Å². The van der Waals surface area contributed by atoms with Crippen LogP contribution < -0.4 is 4.74 Å². The average molecular weight is 280 g/mol. The number of furan rings is 1. The molecule has 1 heterocycles. The molecule has 0 aliphatic heterocycles. The summed E-state index contributed by atoms with van der Waals surface area (Å²) < 4.78 is 22.0. The second kappa shape index (κ2) is 5.71. The smallest absolute Gasteiger partial charge is 0.371 e. The molecular weight excluding hydrogens is 268 g/mol. The molecule has 1 unspecified atom stereocenters. The van der Waals surface area contributed by atoms with Crippen molar-refractivity contribution in [2.75, 3.05) is 7.11 Å². The Labute approximate surface area is 112 Å². The van der Waals surface area contributed by atoms with Crippen molar-refractivity contribution in [2.45, 2.75) is 10.8 Å². The minimum absolute atomic E-state index is 0.160. The van der Waals surface area contributed by atoms with Crippen LogP contribution in [0.25, 0.3) is 0 Å². The van der Waals surface area contributed by atoms with E-state index in [0.717, 1.165) is 11.3 Å². The summed E-state index contributed by atoms with van der Waals surface area (Å²) in [4.78, 5) is 10.7. The number of aromatic carboxylic acids is 1. The van der Waals surface area contributed by atoms with Gasteiger partial charge in [0.1, 0.15) is 5.75 Å². The van der Waals surface area contributed by atoms with Gasteiger partial charge >= 0.3 is 5.97 Å². The summed E-state index contributed by atoms with van der Waals surface area (Å²) in [5, 5.41) is 8.88. The van der Waals surface area contributed by atoms with Gasteiger partial charge in [-0.05, 0) is 29.8 Å². The van der Waals surface area contributed by atoms with Crippen molar-refractivity contribution in [1.82, 2.24) is 0 Å². The van der Waals surface area contributed by atoms with Gasteiger partial charge in [-0.2, -0.15) is 0 Å². The Hall–Kier alpha value is -2.08. The quantitative estimate of drug-likeness (QED) is 0.909. The third-order valence-electron chi connectivity index (χ3n) is 2.47. The Morgan fingerprint density at radius 2 is 1.95 bits per heavy atom. The first kappa shape index (κ1) is 13.4. The minimum Gasteiger partial charge on any atom is -0.497 e. The molecule has 0 saturated heterocycles. The molecule has 0 saturated carbocycles. The molecule has 2 aromatic rings. The van der Waals surface area contributed by atoms with Crippen molar-refractivity contribution in [3.05, 3.63) is 47.7 Å². The average Bonchev–Trinajstić information content (AvgIpc) is 2.89. The number of carboxylic acid groups (broad SMARTS) is 1. The van der Waals surface area contributed by atoms with Crippen LogP contribution in [0, 0.1) is 0 Å². The number of benzene rings is 1. The Morgan fingerprint density at radius 3 is 2.47 bits per heavy atom. The van der Waals surface area contributed by atoms with Gasteiger partial charge in [0.15, 0.2) is 5.09 Å². The number of rotatable bonds is 5. The number of carbonyl (C=O) groups is 1. The van der Waals surface area contributed by atoms with Crippen molar-refractivity contribution in [1.29, 1.82) is 0 Å². The summed E-state index contributed by atoms with van der Waals surface area (Å²) in [5.74, 6) is -0.400. The van der Waals surface area contributed by atoms with E-state index in [9.17, 15) is 9.00 Å². The highest BCUT2D eigenvalue weighted by atomic mass is 32.2. The van der Waals surface area contributed by atoms with E-state index in [-0.39, 0.29) is 16.6 Å². The monoisotopic (exact) mass is 280 g/mol. The third-order valence-corrected chi connectivity index (χ3v) is 3.74. The topological polar surface area (TPSA) is 76.7 Å². The van der Waals surface area contributed by atoms with Crippen molar-refractivity contribution in [3.8, 4) is 5.75 Å². The molecule has 1 atom stereocenters. The van der Waals surface area contributed by atoms with Crippen LogP contribution in [0.2, 0.25) is 0 Å². The predicted octanol–water partition coefficient (Wildman–Crippen LogP) is 2.29. The van der Waals surface area contributed by atoms with E-state index in [4.69, 9.17) is 14.3 Å². The van der Waals surface area contributed by atoms with Crippen LogP contribution in [0.5, 0.6) is 5.75 Å². The van der Waals surface area contributed by atoms with Gasteiger partial charge in [0.25, 0.3) is 0 Å². The first-order chi connectivity index (χ1) is 9.10. The molecule has 1 aromatic carbocycles. The lowest BCUT2D eigenvalue weighted by atomic mass is 10.2. The van der Waals surface area contributed by atoms with Gasteiger partial charge in [0, 0.05) is 0 Å². The van der Waals surface area contributed by atoms with E-state index in [0.29, 0.717) is 0 Å². The van der Waals surface area contributed by atoms with Gasteiger partial charge in [0.2, 0.25) is 5.76 Å². The lowest BCUT2D eigenvalue weighted by Crippen LogP contribution is -1.96. The zero-order valence-electron chi connectivity index (χ0n) is 10.2. The standard InChI is InChI=1S/C13H12O5S/c1-17-10-4-2-9(3-5-10)8-19(16)12-7-6-11(18-12)13(14)15/h2-7H,8H2,1H3,(H,14,15). The van der Waals surface area contributed by atoms with Crippen LogP contribution in [-0.4, -0.2) is 22.4 Å². The molecule has 1 aromatic heterocycles. The molecule has 19 heavy (non-hydrogen) atoms. The van der Waals surface area contributed by atoms with Crippen LogP contribution >= 0.6 is 0 Å². The summed E-state index contributed by atoms with van der Waals surface area (Å²) in [6.45, 7) is 0. The maximum atomic E-state index is 12.0. The van der Waals surface area contributed by atoms with E-state index < -0.39 is 16.8 Å². The Kier molecular flexibility index (Phi) is 4.01. The highest BCUT2D eigenvalue weighted by Crippen LogP contribution is 2.18. The largest absolute Gasteiger partial charge is 0.497 e. The van der Waals surface area contributed by atoms with Crippen molar-refractivity contribution < 1.29 is 23.3 Å². The first-order valence-electron chi connectivity index (χ1n) is 5.44. The van der Waals surface area contributed by atoms with Crippen molar-refractivity contribution in [2.24, 2.45) is 0 Å². The maximum Gasteiger partial charge on any atom is 0.371 e. The Balaban J connectivity index is 2.08. The summed E-state index contributed by atoms with van der Waals surface area (Å²) >= 11 is 0. The molecule has 0 amide bonds. The SMILES string of the molecule is COc1ccc(CS(=O)c2ccc(C(=O)O)o2)cc1. The molecule has 2 rings (SSSR count). The maximum absolute atomic E-state index is 12.0. The lowest BCUT2D eigenvalue weighted by molar-refractivity contribution is 0.0656. The normalized spacial score (nSPS) is 12.1. The molecule has 5 nitrogen and oxygen atoms in total. The molecule has 0 spiro atoms. The molecule has 0 aliphatic carbocycles. The molecular formula is C13H12O5S. The van der Waals surface area contributed by atoms with Crippen LogP contribution in [0.15, 0.2) is 45.9 Å². The summed E-state index contributed by atoms with van der Waals surface area (Å²) in [5.41, 5.74) is 0.854. The van der Waals surface area contributed by atoms with E-state index in [1.165, 1.54) is 12.1 Å². The Morgan fingerprint density at radius 1 is 1.26 bits per heavy atom. The second-order valence-corrected chi connectivity index (χ2v) is 5.14. The molecule has 0 radical (unpaired) electrons. The number of methoxy groups -OCH3 is 1. The molecule has 100 valence electrons. The molecule has 0 bridgehead atoms. The van der Waals surface area contributed by atoms with Crippen LogP contribution in [-0.2, 0) is 16.6 Å².